The Morgan fingerprint density at radius 2 is 0.864 bits per heavy atom. The first-order valence-corrected chi connectivity index (χ1v) is 40.0. The number of carbonyl (C=O) groups is 4. The zero-order valence-corrected chi connectivity index (χ0v) is 71.2. The molecule has 12 rings (SSSR count). The van der Waals surface area contributed by atoms with E-state index in [0.717, 1.165) is 33.8 Å². The quantitative estimate of drug-likeness (QED) is 0.0115. The number of aromatic nitrogens is 12. The van der Waals surface area contributed by atoms with Gasteiger partial charge in [-0.3, -0.25) is 23.7 Å². The molecule has 40 heteroatoms. The Hall–Kier alpha value is -9.07. The van der Waals surface area contributed by atoms with Crippen LogP contribution in [0.3, 0.4) is 0 Å². The fourth-order valence-corrected chi connectivity index (χ4v) is 14.7. The van der Waals surface area contributed by atoms with Gasteiger partial charge in [-0.25, -0.2) is 28.6 Å². The van der Waals surface area contributed by atoms with Gasteiger partial charge in [0.05, 0.1) is 110 Å². The number of rotatable bonds is 28. The normalized spacial score (nSPS) is 18.6. The number of ether oxygens (including phenoxy) is 3. The molecule has 3 fully saturated rings. The van der Waals surface area contributed by atoms with E-state index in [1.807, 2.05) is 49.9 Å². The van der Waals surface area contributed by atoms with Crippen molar-refractivity contribution in [3.63, 3.8) is 0 Å². The molecule has 6 aromatic heterocycles. The smallest absolute Gasteiger partial charge is 0.857 e. The molecule has 3 aromatic carbocycles. The largest absolute Gasteiger partial charge is 1.00 e. The number of hydrogen-bond acceptors (Lipinski definition) is 25. The first kappa shape index (κ1) is 96.1. The number of amides is 3. The van der Waals surface area contributed by atoms with E-state index in [9.17, 15) is 51.5 Å². The Morgan fingerprint density at radius 3 is 1.21 bits per heavy atom. The van der Waals surface area contributed by atoms with Crippen molar-refractivity contribution in [1.29, 1.82) is 0 Å². The van der Waals surface area contributed by atoms with Crippen LogP contribution in [0.4, 0.5) is 26.3 Å². The number of piperidine rings is 3. The third-order valence-electron chi connectivity index (χ3n) is 18.8. The number of aliphatic hydroxyl groups is 2. The minimum absolute atomic E-state index is 0. The van der Waals surface area contributed by atoms with Crippen LogP contribution in [0.25, 0.3) is 17.1 Å². The van der Waals surface area contributed by atoms with Crippen LogP contribution in [0.2, 0.25) is 0 Å². The summed E-state index contributed by atoms with van der Waals surface area (Å²) in [4.78, 5) is 81.8. The molecule has 0 radical (unpaired) electrons. The van der Waals surface area contributed by atoms with Crippen LogP contribution < -0.4 is 48.9 Å². The van der Waals surface area contributed by atoms with Crippen molar-refractivity contribution in [3.05, 3.63) is 198 Å². The van der Waals surface area contributed by atoms with Crippen molar-refractivity contribution in [3.8, 4) is 34.7 Å². The van der Waals surface area contributed by atoms with Crippen LogP contribution in [-0.4, -0.2) is 216 Å². The van der Waals surface area contributed by atoms with E-state index >= 15 is 8.78 Å². The fourth-order valence-electron chi connectivity index (χ4n) is 12.5. The van der Waals surface area contributed by atoms with Gasteiger partial charge in [-0.05, 0) is 173 Å². The summed E-state index contributed by atoms with van der Waals surface area (Å²) in [5, 5.41) is 54.2. The van der Waals surface area contributed by atoms with E-state index in [4.69, 9.17) is 28.4 Å². The predicted octanol–water partition coefficient (Wildman–Crippen LogP) is 9.06. The second kappa shape index (κ2) is 44.8. The van der Waals surface area contributed by atoms with Gasteiger partial charge in [0.1, 0.15) is 32.7 Å². The summed E-state index contributed by atoms with van der Waals surface area (Å²) in [6, 6.07) is 29.7. The van der Waals surface area contributed by atoms with Crippen molar-refractivity contribution in [2.24, 2.45) is 0 Å². The number of alkyl halides is 6. The minimum atomic E-state index is -5.04. The van der Waals surface area contributed by atoms with Crippen LogP contribution in [0.5, 0.6) is 17.6 Å². The molecule has 31 nitrogen and oxygen atoms in total. The monoisotopic (exact) mass is 1700 g/mol. The third-order valence-corrected chi connectivity index (χ3v) is 21.9. The molecule has 9 aromatic rings. The van der Waals surface area contributed by atoms with Gasteiger partial charge in [0, 0.05) is 67.1 Å². The second-order valence-corrected chi connectivity index (χ2v) is 30.2. The summed E-state index contributed by atoms with van der Waals surface area (Å²) in [7, 11) is -5.30. The second-order valence-electron chi connectivity index (χ2n) is 27.0. The van der Waals surface area contributed by atoms with Gasteiger partial charge < -0.3 is 57.8 Å². The molecular formula is C78H96F6N15NaO16P2. The van der Waals surface area contributed by atoms with Crippen LogP contribution in [0.1, 0.15) is 160 Å². The minimum Gasteiger partial charge on any atom is -0.857 e. The maximum Gasteiger partial charge on any atom is 1.00 e. The molecule has 632 valence electrons. The third kappa shape index (κ3) is 24.8. The number of Topliss-reactive ketones (excluding diaryl/α,β-unsaturated/α-hetero) is 1. The average Bonchev–Trinajstić information content (AvgIpc) is 0.752. The van der Waals surface area contributed by atoms with E-state index in [2.05, 4.69) is 59.8 Å². The summed E-state index contributed by atoms with van der Waals surface area (Å²) >= 11 is 0. The van der Waals surface area contributed by atoms with Gasteiger partial charge in [0.2, 0.25) is 17.6 Å². The average molecular weight is 1700 g/mol. The van der Waals surface area contributed by atoms with E-state index < -0.39 is 51.6 Å². The van der Waals surface area contributed by atoms with Gasteiger partial charge in [-0.2, -0.15) is 74.5 Å². The van der Waals surface area contributed by atoms with Gasteiger partial charge in [0.25, 0.3) is 24.1 Å². The van der Waals surface area contributed by atoms with E-state index in [-0.39, 0.29) is 139 Å². The molecule has 3 aliphatic rings. The molecular weight excluding hydrogens is 1600 g/mol. The topological polar surface area (TPSA) is 363 Å². The maximum absolute atomic E-state index is 15.5. The molecule has 0 saturated carbocycles. The first-order valence-electron chi connectivity index (χ1n) is 37.5. The molecule has 3 aliphatic heterocycles. The van der Waals surface area contributed by atoms with Gasteiger partial charge in [-0.1, -0.05) is 36.4 Å². The summed E-state index contributed by atoms with van der Waals surface area (Å²) in [5.74, 6) is -3.36. The molecule has 0 aliphatic carbocycles. The van der Waals surface area contributed by atoms with Crippen LogP contribution in [-0.2, 0) is 39.1 Å². The van der Waals surface area contributed by atoms with Crippen LogP contribution in [0, 0.1) is 0 Å². The number of para-hydroxylation sites is 3. The molecule has 3 amide bonds. The number of ketones is 1. The summed E-state index contributed by atoms with van der Waals surface area (Å²) in [6.45, 7) is 16.0. The van der Waals surface area contributed by atoms with E-state index in [0.29, 0.717) is 84.0 Å². The first-order chi connectivity index (χ1) is 55.9. The Kier molecular flexibility index (Phi) is 36.5. The Bertz CT molecular complexity index is 4670. The van der Waals surface area contributed by atoms with Gasteiger partial charge in [-0.15, -0.1) is 0 Å². The summed E-state index contributed by atoms with van der Waals surface area (Å²) < 4.78 is 127. The van der Waals surface area contributed by atoms with Crippen molar-refractivity contribution in [2.75, 3.05) is 53.2 Å². The molecule has 2 N–H and O–H groups in total. The number of halogens is 6. The van der Waals surface area contributed by atoms with Crippen LogP contribution in [0.15, 0.2) is 165 Å². The number of pyridine rings is 3. The number of carbonyl (C=O) groups excluding carboxylic acids is 4. The number of benzene rings is 3. The number of nitrogens with zero attached hydrogens (tertiary/aromatic N) is 15. The Balaban J connectivity index is 0.000000228. The molecule has 0 spiro atoms. The van der Waals surface area contributed by atoms with Crippen molar-refractivity contribution in [1.82, 2.24) is 74.6 Å². The Labute approximate surface area is 702 Å². The molecule has 118 heavy (non-hydrogen) atoms. The van der Waals surface area contributed by atoms with E-state index in [1.165, 1.54) is 84.2 Å². The number of likely N-dealkylation sites (tertiary alicyclic amines) is 3. The summed E-state index contributed by atoms with van der Waals surface area (Å²) in [5.41, 5.74) is -6.09. The standard InChI is InChI=1S/C27H34F2N5O6P.C23H25F2N5O3.C22H23N5O3.C5H11F2O3P.CH3O.Na/c1-5-38-41(37,39-6-2)27(28,29)26(4,36)20-13-14-30-24(17-20)40-21-12-11-19(3)33(18-21)25(35)22-9-7-8-10-23(22)34-31-15-16-32-34;1-15-7-8-17(33-20-13-16(9-10-26-20)23(2,32)22(24)25)14-29(15)21(31)18-5-3-4-6-19(18)30-27-11-12-28-30;1-15-7-8-18(30-21-13-17(16(2)28)9-10-23-21)14-26(15)22(29)19-5-3-4-6-20(19)27-24-11-12-25-27;1-3-8-10-5(6,7)11-9-4-2;1-2;/h7-10,13-17,19,21,36H,5-6,11-12,18H2,1-4H3;3-6,9-13,15,17,22,32H,7-8,14H2,1-2H3;3-6,9-13,15,18H,7-8,14H2,1-2H3;11H,3-4H2,1-2H3;1H3;/q;;;;-1;+1/t19-,21-,26?;15-,17-,23?;15-,18-;;;/m111.../s1. The van der Waals surface area contributed by atoms with Crippen molar-refractivity contribution >= 4 is 39.9 Å². The fraction of sp³-hybridized carbons (Fsp3) is 0.449. The number of hydrogen-bond donors (Lipinski definition) is 2. The van der Waals surface area contributed by atoms with Gasteiger partial charge in [0.15, 0.2) is 11.4 Å². The molecule has 9 heterocycles. The zero-order valence-electron chi connectivity index (χ0n) is 67.4. The molecule has 3 saturated heterocycles. The molecule has 9 atom stereocenters. The summed E-state index contributed by atoms with van der Waals surface area (Å²) in [6.07, 6.45) is 13.5. The SMILES string of the molecule is CC(=O)c1ccnc(O[C@@H]2CC[C@@H](C)N(C(=O)c3ccccc3-n3nccn3)C2)c1.CCOOC(F)(F)POCC.CCOP(=O)(OCC)C(F)(F)C(C)(O)c1ccnc(O[C@@H]2CC[C@@H](C)N(C(=O)c3ccccc3-n3nccn3)C2)c1.C[C@@H]1CC[C@@H](Oc2cc(C(C)(O)C(F)F)ccn2)CN1C(=O)c1ccccc1-n1nccn1.C[O-].[Na+]. The van der Waals surface area contributed by atoms with E-state index in [1.54, 1.807) is 115 Å². The van der Waals surface area contributed by atoms with Crippen LogP contribution >= 0.6 is 16.4 Å². The predicted molar refractivity (Wildman–Crippen MR) is 414 cm³/mol. The maximum atomic E-state index is 15.5. The zero-order chi connectivity index (χ0) is 85.3. The van der Waals surface area contributed by atoms with Crippen molar-refractivity contribution in [2.45, 2.75) is 173 Å². The van der Waals surface area contributed by atoms with Gasteiger partial charge >= 0.3 is 48.7 Å². The molecule has 3 unspecified atom stereocenters. The van der Waals surface area contributed by atoms with Crippen molar-refractivity contribution < 1.29 is 133 Å². The molecule has 0 bridgehead atoms. The Morgan fingerprint density at radius 1 is 0.517 bits per heavy atom.